The van der Waals surface area contributed by atoms with Crippen LogP contribution in [0.5, 0.6) is 5.75 Å². The van der Waals surface area contributed by atoms with Crippen molar-refractivity contribution in [3.63, 3.8) is 0 Å². The quantitative estimate of drug-likeness (QED) is 0.817. The maximum Gasteiger partial charge on any atom is 0.254 e. The van der Waals surface area contributed by atoms with Gasteiger partial charge in [-0.25, -0.2) is 9.97 Å². The monoisotopic (exact) mass is 380 g/mol. The highest BCUT2D eigenvalue weighted by Gasteiger charge is 2.31. The van der Waals surface area contributed by atoms with Crippen LogP contribution in [0.2, 0.25) is 0 Å². The number of hydrogen-bond acceptors (Lipinski definition) is 5. The number of aromatic nitrogens is 2. The number of likely N-dealkylation sites (tertiary alicyclic amines) is 1. The Labute approximate surface area is 164 Å². The second-order valence-corrected chi connectivity index (χ2v) is 7.28. The number of fused-ring (bicyclic) bond motifs is 1. The smallest absolute Gasteiger partial charge is 0.254 e. The molecule has 1 saturated heterocycles. The Balaban J connectivity index is 1.52. The van der Waals surface area contributed by atoms with Crippen molar-refractivity contribution in [2.75, 3.05) is 20.2 Å². The summed E-state index contributed by atoms with van der Waals surface area (Å²) >= 11 is 0. The predicted molar refractivity (Wildman–Crippen MR) is 103 cm³/mol. The Kier molecular flexibility index (Phi) is 4.98. The SMILES string of the molecule is COc1cccc(C(=O)N2CCc3nc(C4CCCN4C(C)=O)ncc3C2)c1. The minimum atomic E-state index is -0.0285. The van der Waals surface area contributed by atoms with E-state index in [-0.39, 0.29) is 17.9 Å². The van der Waals surface area contributed by atoms with Gasteiger partial charge in [0.25, 0.3) is 5.91 Å². The number of carbonyl (C=O) groups is 2. The summed E-state index contributed by atoms with van der Waals surface area (Å²) in [6.45, 7) is 3.47. The first-order chi connectivity index (χ1) is 13.6. The van der Waals surface area contributed by atoms with Gasteiger partial charge in [-0.3, -0.25) is 9.59 Å². The average Bonchev–Trinajstić information content (AvgIpc) is 3.23. The standard InChI is InChI=1S/C21H24N4O3/c1-14(26)25-9-4-7-19(25)20-22-12-16-13-24(10-8-18(16)23-20)21(27)15-5-3-6-17(11-15)28-2/h3,5-6,11-12,19H,4,7-10,13H2,1-2H3. The van der Waals surface area contributed by atoms with Crippen LogP contribution in [-0.4, -0.2) is 51.8 Å². The second-order valence-electron chi connectivity index (χ2n) is 7.28. The highest BCUT2D eigenvalue weighted by molar-refractivity contribution is 5.94. The molecule has 1 aromatic carbocycles. The van der Waals surface area contributed by atoms with E-state index in [0.29, 0.717) is 30.8 Å². The second kappa shape index (κ2) is 7.58. The lowest BCUT2D eigenvalue weighted by molar-refractivity contribution is -0.129. The van der Waals surface area contributed by atoms with Crippen LogP contribution >= 0.6 is 0 Å². The molecule has 1 aromatic heterocycles. The summed E-state index contributed by atoms with van der Waals surface area (Å²) < 4.78 is 5.22. The molecule has 0 spiro atoms. The minimum Gasteiger partial charge on any atom is -0.497 e. The maximum absolute atomic E-state index is 12.9. The van der Waals surface area contributed by atoms with Crippen LogP contribution < -0.4 is 4.74 Å². The first kappa shape index (κ1) is 18.4. The molecule has 146 valence electrons. The molecule has 7 heteroatoms. The molecule has 28 heavy (non-hydrogen) atoms. The van der Waals surface area contributed by atoms with Crippen molar-refractivity contribution >= 4 is 11.8 Å². The molecular weight excluding hydrogens is 356 g/mol. The zero-order valence-corrected chi connectivity index (χ0v) is 16.2. The highest BCUT2D eigenvalue weighted by atomic mass is 16.5. The number of carbonyl (C=O) groups excluding carboxylic acids is 2. The molecule has 0 N–H and O–H groups in total. The largest absolute Gasteiger partial charge is 0.497 e. The molecule has 2 aliphatic rings. The normalized spacial score (nSPS) is 18.7. The van der Waals surface area contributed by atoms with E-state index in [0.717, 1.165) is 36.5 Å². The lowest BCUT2D eigenvalue weighted by Gasteiger charge is -2.29. The lowest BCUT2D eigenvalue weighted by Crippen LogP contribution is -2.37. The number of rotatable bonds is 3. The van der Waals surface area contributed by atoms with Crippen molar-refractivity contribution in [1.29, 1.82) is 0 Å². The fraction of sp³-hybridized carbons (Fsp3) is 0.429. The van der Waals surface area contributed by atoms with Gasteiger partial charge in [-0.15, -0.1) is 0 Å². The zero-order valence-electron chi connectivity index (χ0n) is 16.2. The summed E-state index contributed by atoms with van der Waals surface area (Å²) in [6.07, 6.45) is 4.39. The topological polar surface area (TPSA) is 75.6 Å². The molecule has 1 unspecified atom stereocenters. The Bertz CT molecular complexity index is 914. The minimum absolute atomic E-state index is 0.0211. The van der Waals surface area contributed by atoms with Gasteiger partial charge < -0.3 is 14.5 Å². The number of methoxy groups -OCH3 is 1. The predicted octanol–water partition coefficient (Wildman–Crippen LogP) is 2.37. The summed E-state index contributed by atoms with van der Waals surface area (Å²) in [5.41, 5.74) is 2.57. The number of nitrogens with zero attached hydrogens (tertiary/aromatic N) is 4. The molecule has 0 radical (unpaired) electrons. The molecule has 4 rings (SSSR count). The van der Waals surface area contributed by atoms with Crippen molar-refractivity contribution in [3.05, 3.63) is 53.1 Å². The number of amides is 2. The van der Waals surface area contributed by atoms with E-state index in [1.165, 1.54) is 0 Å². The molecule has 0 bridgehead atoms. The number of ether oxygens (including phenoxy) is 1. The van der Waals surface area contributed by atoms with E-state index in [1.807, 2.05) is 28.1 Å². The fourth-order valence-electron chi connectivity index (χ4n) is 4.02. The summed E-state index contributed by atoms with van der Waals surface area (Å²) in [4.78, 5) is 37.7. The molecule has 0 aliphatic carbocycles. The van der Waals surface area contributed by atoms with Crippen molar-refractivity contribution in [2.45, 2.75) is 38.8 Å². The van der Waals surface area contributed by atoms with Crippen molar-refractivity contribution in [3.8, 4) is 5.75 Å². The molecule has 1 fully saturated rings. The lowest BCUT2D eigenvalue weighted by atomic mass is 10.0. The van der Waals surface area contributed by atoms with Gasteiger partial charge in [0.15, 0.2) is 5.82 Å². The molecular formula is C21H24N4O3. The molecule has 2 aromatic rings. The van der Waals surface area contributed by atoms with E-state index in [2.05, 4.69) is 4.98 Å². The van der Waals surface area contributed by atoms with E-state index in [9.17, 15) is 9.59 Å². The molecule has 1 atom stereocenters. The third-order valence-corrected chi connectivity index (χ3v) is 5.51. The van der Waals surface area contributed by atoms with Crippen LogP contribution in [0.1, 0.15) is 53.2 Å². The number of benzene rings is 1. The van der Waals surface area contributed by atoms with Crippen LogP contribution in [-0.2, 0) is 17.8 Å². The van der Waals surface area contributed by atoms with Gasteiger partial charge in [0.05, 0.1) is 18.8 Å². The van der Waals surface area contributed by atoms with Crippen molar-refractivity contribution in [2.24, 2.45) is 0 Å². The summed E-state index contributed by atoms with van der Waals surface area (Å²) in [7, 11) is 1.59. The maximum atomic E-state index is 12.9. The van der Waals surface area contributed by atoms with Gasteiger partial charge in [-0.2, -0.15) is 0 Å². The molecule has 3 heterocycles. The third-order valence-electron chi connectivity index (χ3n) is 5.51. The first-order valence-electron chi connectivity index (χ1n) is 9.62. The first-order valence-corrected chi connectivity index (χ1v) is 9.62. The van der Waals surface area contributed by atoms with Crippen LogP contribution in [0.3, 0.4) is 0 Å². The Morgan fingerprint density at radius 3 is 2.89 bits per heavy atom. The van der Waals surface area contributed by atoms with E-state index in [1.54, 1.807) is 26.2 Å². The molecule has 0 saturated carbocycles. The number of hydrogen-bond donors (Lipinski definition) is 0. The van der Waals surface area contributed by atoms with Gasteiger partial charge in [0.1, 0.15) is 5.75 Å². The highest BCUT2D eigenvalue weighted by Crippen LogP contribution is 2.31. The van der Waals surface area contributed by atoms with E-state index >= 15 is 0 Å². The molecule has 2 aliphatic heterocycles. The molecule has 2 amide bonds. The van der Waals surface area contributed by atoms with Crippen LogP contribution in [0.4, 0.5) is 0 Å². The van der Waals surface area contributed by atoms with Crippen molar-refractivity contribution < 1.29 is 14.3 Å². The van der Waals surface area contributed by atoms with Gasteiger partial charge in [0, 0.05) is 50.3 Å². The van der Waals surface area contributed by atoms with Crippen molar-refractivity contribution in [1.82, 2.24) is 19.8 Å². The summed E-state index contributed by atoms with van der Waals surface area (Å²) in [6, 6.07) is 7.18. The van der Waals surface area contributed by atoms with Gasteiger partial charge >= 0.3 is 0 Å². The van der Waals surface area contributed by atoms with Crippen LogP contribution in [0.25, 0.3) is 0 Å². The van der Waals surface area contributed by atoms with E-state index in [4.69, 9.17) is 9.72 Å². The molecule has 7 nitrogen and oxygen atoms in total. The third kappa shape index (κ3) is 3.44. The Morgan fingerprint density at radius 1 is 1.25 bits per heavy atom. The van der Waals surface area contributed by atoms with Gasteiger partial charge in [-0.1, -0.05) is 6.07 Å². The summed E-state index contributed by atoms with van der Waals surface area (Å²) in [5, 5.41) is 0. The van der Waals surface area contributed by atoms with E-state index < -0.39 is 0 Å². The summed E-state index contributed by atoms with van der Waals surface area (Å²) in [5.74, 6) is 1.44. The van der Waals surface area contributed by atoms with Gasteiger partial charge in [-0.05, 0) is 31.0 Å². The Morgan fingerprint density at radius 2 is 2.11 bits per heavy atom. The van der Waals surface area contributed by atoms with Gasteiger partial charge in [0.2, 0.25) is 5.91 Å². The van der Waals surface area contributed by atoms with Crippen LogP contribution in [0.15, 0.2) is 30.5 Å². The fourth-order valence-corrected chi connectivity index (χ4v) is 4.02. The van der Waals surface area contributed by atoms with Crippen LogP contribution in [0, 0.1) is 0 Å². The average molecular weight is 380 g/mol. The Hall–Kier alpha value is -2.96. The zero-order chi connectivity index (χ0) is 19.7.